The van der Waals surface area contributed by atoms with Crippen LogP contribution in [0.25, 0.3) is 0 Å². The third-order valence-corrected chi connectivity index (χ3v) is 5.39. The van der Waals surface area contributed by atoms with Crippen molar-refractivity contribution < 1.29 is 14.3 Å². The summed E-state index contributed by atoms with van der Waals surface area (Å²) in [6.45, 7) is 3.75. The fraction of sp³-hybridized carbons (Fsp3) is 0.286. The van der Waals surface area contributed by atoms with Gasteiger partial charge in [-0.2, -0.15) is 5.10 Å². The maximum absolute atomic E-state index is 12.8. The minimum absolute atomic E-state index is 0.232. The van der Waals surface area contributed by atoms with E-state index in [4.69, 9.17) is 22.1 Å². The normalized spacial score (nSPS) is 16.3. The second-order valence-electron chi connectivity index (χ2n) is 7.37. The highest BCUT2D eigenvalue weighted by molar-refractivity contribution is 6.30. The molecule has 0 aromatic heterocycles. The van der Waals surface area contributed by atoms with Crippen LogP contribution in [0.3, 0.4) is 0 Å². The van der Waals surface area contributed by atoms with Crippen molar-refractivity contribution in [2.75, 3.05) is 19.0 Å². The van der Waals surface area contributed by atoms with Crippen molar-refractivity contribution in [2.24, 2.45) is 22.2 Å². The van der Waals surface area contributed by atoms with Crippen LogP contribution in [-0.4, -0.2) is 36.3 Å². The zero-order chi connectivity index (χ0) is 21.2. The van der Waals surface area contributed by atoms with Gasteiger partial charge in [0.1, 0.15) is 5.75 Å². The number of rotatable bonds is 5. The van der Waals surface area contributed by atoms with Crippen molar-refractivity contribution in [1.82, 2.24) is 5.01 Å². The number of carbonyl (C=O) groups excluding carboxylic acids is 2. The summed E-state index contributed by atoms with van der Waals surface area (Å²) in [6.07, 6.45) is 0. The van der Waals surface area contributed by atoms with Gasteiger partial charge in [-0.25, -0.2) is 9.80 Å². The summed E-state index contributed by atoms with van der Waals surface area (Å²) in [5.74, 6) is -0.125. The molecular weight excluding hydrogens is 392 g/mol. The molecule has 8 heteroatoms. The molecule has 0 saturated heterocycles. The van der Waals surface area contributed by atoms with E-state index in [0.29, 0.717) is 22.2 Å². The summed E-state index contributed by atoms with van der Waals surface area (Å²) in [5.41, 5.74) is 6.76. The fourth-order valence-corrected chi connectivity index (χ4v) is 3.24. The number of urea groups is 1. The molecule has 29 heavy (non-hydrogen) atoms. The molecular formula is C21H23ClN4O3. The number of halogens is 1. The van der Waals surface area contributed by atoms with Gasteiger partial charge in [0.25, 0.3) is 0 Å². The number of methoxy groups -OCH3 is 1. The van der Waals surface area contributed by atoms with E-state index in [0.717, 1.165) is 5.56 Å². The fourth-order valence-electron chi connectivity index (χ4n) is 3.11. The monoisotopic (exact) mass is 414 g/mol. The molecule has 3 rings (SSSR count). The van der Waals surface area contributed by atoms with Crippen molar-refractivity contribution in [2.45, 2.75) is 13.8 Å². The lowest BCUT2D eigenvalue weighted by atomic mass is 9.74. The number of ether oxygens (including phenoxy) is 1. The van der Waals surface area contributed by atoms with Crippen molar-refractivity contribution in [1.29, 1.82) is 0 Å². The number of hydrogen-bond donors (Lipinski definition) is 2. The van der Waals surface area contributed by atoms with E-state index >= 15 is 0 Å². The average molecular weight is 415 g/mol. The van der Waals surface area contributed by atoms with Gasteiger partial charge < -0.3 is 15.8 Å². The first-order valence-electron chi connectivity index (χ1n) is 9.09. The molecule has 0 bridgehead atoms. The largest absolute Gasteiger partial charge is 0.497 e. The molecule has 1 atom stereocenters. The Morgan fingerprint density at radius 1 is 1.17 bits per heavy atom. The van der Waals surface area contributed by atoms with Gasteiger partial charge in [-0.3, -0.25) is 4.79 Å². The van der Waals surface area contributed by atoms with Crippen LogP contribution >= 0.6 is 11.6 Å². The third-order valence-electron chi connectivity index (χ3n) is 5.14. The molecule has 152 valence electrons. The van der Waals surface area contributed by atoms with Crippen LogP contribution < -0.4 is 15.8 Å². The summed E-state index contributed by atoms with van der Waals surface area (Å²) in [5, 5.41) is 9.23. The van der Waals surface area contributed by atoms with Crippen molar-refractivity contribution in [3.05, 3.63) is 59.1 Å². The second kappa shape index (κ2) is 8.13. The average Bonchev–Trinajstić information content (AvgIpc) is 3.15. The summed E-state index contributed by atoms with van der Waals surface area (Å²) in [7, 11) is 1.57. The molecule has 0 spiro atoms. The number of nitrogens with two attached hydrogens (primary N) is 1. The zero-order valence-electron chi connectivity index (χ0n) is 16.5. The minimum atomic E-state index is -0.895. The van der Waals surface area contributed by atoms with Crippen LogP contribution in [0, 0.1) is 11.3 Å². The highest BCUT2D eigenvalue weighted by Gasteiger charge is 2.44. The number of carbonyl (C=O) groups is 2. The first kappa shape index (κ1) is 20.7. The van der Waals surface area contributed by atoms with Crippen molar-refractivity contribution in [3.8, 4) is 5.75 Å². The van der Waals surface area contributed by atoms with E-state index in [9.17, 15) is 9.59 Å². The summed E-state index contributed by atoms with van der Waals surface area (Å²) >= 11 is 5.99. The number of primary amides is 1. The van der Waals surface area contributed by atoms with E-state index in [-0.39, 0.29) is 12.5 Å². The van der Waals surface area contributed by atoms with Crippen LogP contribution in [0.15, 0.2) is 53.6 Å². The van der Waals surface area contributed by atoms with E-state index in [2.05, 4.69) is 10.4 Å². The van der Waals surface area contributed by atoms with Gasteiger partial charge in [0.15, 0.2) is 0 Å². The van der Waals surface area contributed by atoms with Gasteiger partial charge in [-0.15, -0.1) is 0 Å². The van der Waals surface area contributed by atoms with Crippen molar-refractivity contribution >= 4 is 34.9 Å². The number of hydrogen-bond acceptors (Lipinski definition) is 4. The Kier molecular flexibility index (Phi) is 5.79. The molecule has 0 fully saturated rings. The molecule has 7 nitrogen and oxygen atoms in total. The first-order valence-corrected chi connectivity index (χ1v) is 9.47. The number of nitrogens with zero attached hydrogens (tertiary/aromatic N) is 2. The molecule has 3 N–H and O–H groups in total. The van der Waals surface area contributed by atoms with E-state index in [1.54, 1.807) is 57.4 Å². The Labute approximate surface area is 174 Å². The maximum Gasteiger partial charge on any atom is 0.342 e. The van der Waals surface area contributed by atoms with Gasteiger partial charge in [-0.1, -0.05) is 37.6 Å². The highest BCUT2D eigenvalue weighted by atomic mass is 35.5. The maximum atomic E-state index is 12.8. The van der Waals surface area contributed by atoms with Crippen LogP contribution in [0.5, 0.6) is 5.75 Å². The van der Waals surface area contributed by atoms with E-state index in [1.165, 1.54) is 5.01 Å². The molecule has 3 amide bonds. The Hall–Kier alpha value is -3.06. The Balaban J connectivity index is 1.88. The van der Waals surface area contributed by atoms with E-state index in [1.807, 2.05) is 12.1 Å². The molecule has 0 saturated carbocycles. The van der Waals surface area contributed by atoms with Gasteiger partial charge >= 0.3 is 6.03 Å². The Bertz CT molecular complexity index is 939. The Morgan fingerprint density at radius 3 is 2.34 bits per heavy atom. The van der Waals surface area contributed by atoms with Crippen molar-refractivity contribution in [3.63, 3.8) is 0 Å². The molecule has 0 radical (unpaired) electrons. The molecule has 2 aromatic rings. The lowest BCUT2D eigenvalue weighted by Gasteiger charge is -2.29. The summed E-state index contributed by atoms with van der Waals surface area (Å²) in [6, 6.07) is 13.7. The number of amides is 3. The number of hydrazone groups is 1. The molecule has 1 aliphatic heterocycles. The van der Waals surface area contributed by atoms with E-state index < -0.39 is 17.4 Å². The summed E-state index contributed by atoms with van der Waals surface area (Å²) < 4.78 is 5.12. The van der Waals surface area contributed by atoms with Crippen LogP contribution in [0.2, 0.25) is 5.02 Å². The van der Waals surface area contributed by atoms with Gasteiger partial charge in [-0.05, 0) is 42.0 Å². The molecule has 1 aliphatic rings. The topological polar surface area (TPSA) is 97.0 Å². The molecule has 2 aromatic carbocycles. The first-order chi connectivity index (χ1) is 13.7. The molecule has 1 unspecified atom stereocenters. The van der Waals surface area contributed by atoms with Crippen LogP contribution in [0.1, 0.15) is 19.4 Å². The van der Waals surface area contributed by atoms with Crippen LogP contribution in [0.4, 0.5) is 10.5 Å². The Morgan fingerprint density at radius 2 is 1.79 bits per heavy atom. The quantitative estimate of drug-likeness (QED) is 0.779. The number of nitrogens with one attached hydrogen (secondary N) is 1. The smallest absolute Gasteiger partial charge is 0.342 e. The molecule has 1 heterocycles. The lowest BCUT2D eigenvalue weighted by molar-refractivity contribution is -0.127. The van der Waals surface area contributed by atoms with Gasteiger partial charge in [0.2, 0.25) is 5.91 Å². The summed E-state index contributed by atoms with van der Waals surface area (Å²) in [4.78, 5) is 24.9. The van der Waals surface area contributed by atoms with Crippen LogP contribution in [-0.2, 0) is 4.79 Å². The minimum Gasteiger partial charge on any atom is -0.497 e. The third kappa shape index (κ3) is 4.35. The predicted octanol–water partition coefficient (Wildman–Crippen LogP) is 3.73. The number of benzene rings is 2. The predicted molar refractivity (Wildman–Crippen MR) is 113 cm³/mol. The second-order valence-corrected chi connectivity index (χ2v) is 7.81. The lowest BCUT2D eigenvalue weighted by Crippen LogP contribution is -2.44. The zero-order valence-corrected chi connectivity index (χ0v) is 17.2. The van der Waals surface area contributed by atoms with Gasteiger partial charge in [0.05, 0.1) is 24.8 Å². The highest BCUT2D eigenvalue weighted by Crippen LogP contribution is 2.35. The number of anilines is 1. The van der Waals surface area contributed by atoms with Gasteiger partial charge in [0, 0.05) is 16.6 Å². The SMILES string of the molecule is COc1ccc(NC(=O)N2CC(C(C)(C)C(N)=O)C(c3ccc(Cl)cc3)=N2)cc1. The molecule has 0 aliphatic carbocycles. The standard InChI is InChI=1S/C21H23ClN4O3/c1-21(2,19(23)27)17-12-26(25-18(17)13-4-6-14(22)7-5-13)20(28)24-15-8-10-16(29-3)11-9-15/h4-11,17H,12H2,1-3H3,(H2,23,27)(H,24,28).